The van der Waals surface area contributed by atoms with E-state index in [9.17, 15) is 4.79 Å². The fraction of sp³-hybridized carbons (Fsp3) is 0.219. The third-order valence-electron chi connectivity index (χ3n) is 6.52. The van der Waals surface area contributed by atoms with Gasteiger partial charge in [-0.15, -0.1) is 0 Å². The molecule has 40 heavy (non-hydrogen) atoms. The Labute approximate surface area is 234 Å². The van der Waals surface area contributed by atoms with E-state index in [1.165, 1.54) is 21.3 Å². The molecule has 0 aliphatic heterocycles. The van der Waals surface area contributed by atoms with Gasteiger partial charge in [0.05, 0.1) is 42.7 Å². The molecule has 1 aliphatic rings. The number of ether oxygens (including phenoxy) is 6. The Morgan fingerprint density at radius 2 is 1.18 bits per heavy atom. The van der Waals surface area contributed by atoms with Gasteiger partial charge in [-0.05, 0) is 29.8 Å². The highest BCUT2D eigenvalue weighted by atomic mass is 16.5. The maximum atomic E-state index is 14.0. The molecule has 0 heterocycles. The SMILES string of the molecule is COc1cc(C(=O)C2=CC=C/C2=C(/NCc2ccccc2)c2cc(OC)c(OC)c(OC)c2)cc(OC)c1OC. The van der Waals surface area contributed by atoms with Crippen molar-refractivity contribution < 1.29 is 33.2 Å². The van der Waals surface area contributed by atoms with Crippen LogP contribution in [0, 0.1) is 0 Å². The van der Waals surface area contributed by atoms with E-state index in [4.69, 9.17) is 28.4 Å². The summed E-state index contributed by atoms with van der Waals surface area (Å²) in [7, 11) is 9.25. The summed E-state index contributed by atoms with van der Waals surface area (Å²) in [6, 6.07) is 17.0. The van der Waals surface area contributed by atoms with Gasteiger partial charge in [0.1, 0.15) is 0 Å². The number of hydrogen-bond acceptors (Lipinski definition) is 8. The monoisotopic (exact) mass is 543 g/mol. The van der Waals surface area contributed by atoms with Crippen LogP contribution in [-0.4, -0.2) is 48.4 Å². The van der Waals surface area contributed by atoms with Gasteiger partial charge in [-0.2, -0.15) is 0 Å². The quantitative estimate of drug-likeness (QED) is 0.295. The molecule has 0 spiro atoms. The van der Waals surface area contributed by atoms with Gasteiger partial charge in [0.2, 0.25) is 11.5 Å². The van der Waals surface area contributed by atoms with Crippen molar-refractivity contribution in [1.82, 2.24) is 5.32 Å². The summed E-state index contributed by atoms with van der Waals surface area (Å²) in [6.45, 7) is 0.524. The van der Waals surface area contributed by atoms with Gasteiger partial charge in [-0.3, -0.25) is 4.79 Å². The third kappa shape index (κ3) is 5.61. The molecule has 0 amide bonds. The molecule has 4 rings (SSSR count). The molecule has 0 aromatic heterocycles. The number of carbonyl (C=O) groups is 1. The number of Topliss-reactive ketones (excluding diaryl/α,β-unsaturated/α-hetero) is 1. The standard InChI is InChI=1S/C32H33NO7/c1-35-25-15-21(16-26(36-2)31(25)39-5)29(33-19-20-11-8-7-9-12-20)23-13-10-14-24(23)30(34)22-17-27(37-3)32(40-6)28(18-22)38-4/h7-18,33H,19H2,1-6H3/b29-23-. The minimum absolute atomic E-state index is 0.203. The first-order chi connectivity index (χ1) is 19.5. The lowest BCUT2D eigenvalue weighted by molar-refractivity contribution is 0.103. The Hall–Kier alpha value is -4.85. The largest absolute Gasteiger partial charge is 0.493 e. The van der Waals surface area contributed by atoms with E-state index >= 15 is 0 Å². The van der Waals surface area contributed by atoms with Crippen LogP contribution in [0.4, 0.5) is 0 Å². The number of hydrogen-bond donors (Lipinski definition) is 1. The predicted molar refractivity (Wildman–Crippen MR) is 154 cm³/mol. The molecule has 0 atom stereocenters. The van der Waals surface area contributed by atoms with Crippen molar-refractivity contribution in [1.29, 1.82) is 0 Å². The molecule has 3 aromatic rings. The summed E-state index contributed by atoms with van der Waals surface area (Å²) in [5.41, 5.74) is 4.17. The fourth-order valence-corrected chi connectivity index (χ4v) is 4.57. The van der Waals surface area contributed by atoms with Crippen LogP contribution in [0.1, 0.15) is 21.5 Å². The molecular weight excluding hydrogens is 510 g/mol. The molecule has 0 fully saturated rings. The minimum Gasteiger partial charge on any atom is -0.493 e. The smallest absolute Gasteiger partial charge is 0.203 e. The van der Waals surface area contributed by atoms with Crippen molar-refractivity contribution >= 4 is 11.5 Å². The van der Waals surface area contributed by atoms with E-state index in [0.717, 1.165) is 16.8 Å². The molecule has 0 bridgehead atoms. The third-order valence-corrected chi connectivity index (χ3v) is 6.52. The maximum Gasteiger partial charge on any atom is 0.203 e. The number of rotatable bonds is 12. The van der Waals surface area contributed by atoms with Gasteiger partial charge in [-0.25, -0.2) is 0 Å². The second-order valence-electron chi connectivity index (χ2n) is 8.72. The Morgan fingerprint density at radius 3 is 1.65 bits per heavy atom. The van der Waals surface area contributed by atoms with Crippen molar-refractivity contribution in [3.05, 3.63) is 101 Å². The highest BCUT2D eigenvalue weighted by Crippen LogP contribution is 2.42. The predicted octanol–water partition coefficient (Wildman–Crippen LogP) is 5.62. The van der Waals surface area contributed by atoms with E-state index in [-0.39, 0.29) is 5.78 Å². The topological polar surface area (TPSA) is 84.5 Å². The van der Waals surface area contributed by atoms with Gasteiger partial charge in [0.15, 0.2) is 28.8 Å². The van der Waals surface area contributed by atoms with Crippen molar-refractivity contribution in [3.63, 3.8) is 0 Å². The lowest BCUT2D eigenvalue weighted by Crippen LogP contribution is -2.16. The molecule has 1 N–H and O–H groups in total. The number of benzene rings is 3. The molecule has 0 radical (unpaired) electrons. The zero-order chi connectivity index (χ0) is 28.6. The van der Waals surface area contributed by atoms with Crippen molar-refractivity contribution in [3.8, 4) is 34.5 Å². The normalized spacial score (nSPS) is 13.3. The summed E-state index contributed by atoms with van der Waals surface area (Å²) in [5, 5.41) is 3.55. The van der Waals surface area contributed by atoms with Gasteiger partial charge in [-0.1, -0.05) is 48.6 Å². The number of allylic oxidation sites excluding steroid dienone is 5. The molecule has 8 nitrogen and oxygen atoms in total. The summed E-state index contributed by atoms with van der Waals surface area (Å²) < 4.78 is 33.2. The van der Waals surface area contributed by atoms with E-state index in [0.29, 0.717) is 57.8 Å². The zero-order valence-corrected chi connectivity index (χ0v) is 23.5. The van der Waals surface area contributed by atoms with Crippen LogP contribution in [0.3, 0.4) is 0 Å². The van der Waals surface area contributed by atoms with Crippen molar-refractivity contribution in [2.45, 2.75) is 6.54 Å². The fourth-order valence-electron chi connectivity index (χ4n) is 4.57. The molecule has 0 saturated heterocycles. The van der Waals surface area contributed by atoms with E-state index in [1.54, 1.807) is 39.5 Å². The summed E-state index contributed by atoms with van der Waals surface area (Å²) in [4.78, 5) is 14.0. The number of ketones is 1. The zero-order valence-electron chi connectivity index (χ0n) is 23.5. The number of carbonyl (C=O) groups excluding carboxylic acids is 1. The average molecular weight is 544 g/mol. The minimum atomic E-state index is -0.203. The van der Waals surface area contributed by atoms with Crippen molar-refractivity contribution in [2.75, 3.05) is 42.7 Å². The molecule has 208 valence electrons. The van der Waals surface area contributed by atoms with Crippen LogP contribution in [0.2, 0.25) is 0 Å². The molecule has 1 aliphatic carbocycles. The summed E-state index contributed by atoms with van der Waals surface area (Å²) >= 11 is 0. The van der Waals surface area contributed by atoms with E-state index < -0.39 is 0 Å². The van der Waals surface area contributed by atoms with Crippen LogP contribution >= 0.6 is 0 Å². The Kier molecular flexibility index (Phi) is 9.01. The van der Waals surface area contributed by atoms with Crippen LogP contribution < -0.4 is 33.7 Å². The van der Waals surface area contributed by atoms with Crippen LogP contribution in [0.5, 0.6) is 34.5 Å². The first-order valence-corrected chi connectivity index (χ1v) is 12.5. The summed E-state index contributed by atoms with van der Waals surface area (Å²) in [6.07, 6.45) is 5.55. The van der Waals surface area contributed by atoms with Gasteiger partial charge < -0.3 is 33.7 Å². The highest BCUT2D eigenvalue weighted by Gasteiger charge is 2.26. The van der Waals surface area contributed by atoms with Gasteiger partial charge >= 0.3 is 0 Å². The van der Waals surface area contributed by atoms with E-state index in [1.807, 2.05) is 54.6 Å². The highest BCUT2D eigenvalue weighted by molar-refractivity contribution is 6.15. The van der Waals surface area contributed by atoms with Crippen LogP contribution in [-0.2, 0) is 6.54 Å². The van der Waals surface area contributed by atoms with E-state index in [2.05, 4.69) is 5.32 Å². The lowest BCUT2D eigenvalue weighted by Gasteiger charge is -2.20. The van der Waals surface area contributed by atoms with Crippen molar-refractivity contribution in [2.24, 2.45) is 0 Å². The Bertz CT molecular complexity index is 1420. The molecule has 3 aromatic carbocycles. The molecule has 0 saturated carbocycles. The first kappa shape index (κ1) is 28.2. The Balaban J connectivity index is 1.85. The second kappa shape index (κ2) is 12.8. The second-order valence-corrected chi connectivity index (χ2v) is 8.72. The number of nitrogens with one attached hydrogen (secondary N) is 1. The number of methoxy groups -OCH3 is 6. The maximum absolute atomic E-state index is 14.0. The first-order valence-electron chi connectivity index (χ1n) is 12.5. The molecule has 8 heteroatoms. The average Bonchev–Trinajstić information content (AvgIpc) is 3.49. The molecule has 0 unspecified atom stereocenters. The van der Waals surface area contributed by atoms with Crippen LogP contribution in [0.25, 0.3) is 5.70 Å². The Morgan fingerprint density at radius 1 is 0.675 bits per heavy atom. The summed E-state index contributed by atoms with van der Waals surface area (Å²) in [5.74, 6) is 2.49. The molecular formula is C32H33NO7. The van der Waals surface area contributed by atoms with Gasteiger partial charge in [0, 0.05) is 34.5 Å². The van der Waals surface area contributed by atoms with Gasteiger partial charge in [0.25, 0.3) is 0 Å². The van der Waals surface area contributed by atoms with Crippen LogP contribution in [0.15, 0.2) is 84.0 Å². The lowest BCUT2D eigenvalue weighted by atomic mass is 9.94.